The van der Waals surface area contributed by atoms with Crippen LogP contribution in [0, 0.1) is 5.92 Å². The Hall–Kier alpha value is -1.22. The second-order valence-corrected chi connectivity index (χ2v) is 6.52. The van der Waals surface area contributed by atoms with Gasteiger partial charge in [0.05, 0.1) is 6.10 Å². The molecule has 0 heterocycles. The number of hydrogen-bond acceptors (Lipinski definition) is 2. The van der Waals surface area contributed by atoms with Crippen molar-refractivity contribution in [2.75, 3.05) is 6.54 Å². The second kappa shape index (κ2) is 7.69. The molecule has 0 aliphatic heterocycles. The minimum atomic E-state index is -0.0412. The molecular formula is C17H24ClNO2. The quantitative estimate of drug-likeness (QED) is 0.835. The van der Waals surface area contributed by atoms with Crippen LogP contribution in [-0.2, 0) is 0 Å². The van der Waals surface area contributed by atoms with Gasteiger partial charge in [0.1, 0.15) is 5.75 Å². The SMILES string of the molecule is CC(C)Oc1ccc(C(=O)NCC2CCCCC2Cl)cc1. The first-order valence-electron chi connectivity index (χ1n) is 7.75. The molecule has 0 aromatic heterocycles. The highest BCUT2D eigenvalue weighted by atomic mass is 35.5. The van der Waals surface area contributed by atoms with Crippen molar-refractivity contribution in [2.24, 2.45) is 5.92 Å². The number of alkyl halides is 1. The van der Waals surface area contributed by atoms with Gasteiger partial charge in [-0.2, -0.15) is 0 Å². The fourth-order valence-corrected chi connectivity index (χ4v) is 3.04. The highest BCUT2D eigenvalue weighted by molar-refractivity contribution is 6.20. The zero-order valence-electron chi connectivity index (χ0n) is 12.8. The standard InChI is InChI=1S/C17H24ClNO2/c1-12(2)21-15-9-7-13(8-10-15)17(20)19-11-14-5-3-4-6-16(14)18/h7-10,12,14,16H,3-6,11H2,1-2H3,(H,19,20). The number of amides is 1. The van der Waals surface area contributed by atoms with E-state index in [1.807, 2.05) is 26.0 Å². The van der Waals surface area contributed by atoms with Crippen LogP contribution in [0.25, 0.3) is 0 Å². The average Bonchev–Trinajstić information content (AvgIpc) is 2.46. The number of ether oxygens (including phenoxy) is 1. The van der Waals surface area contributed by atoms with Crippen LogP contribution in [0.5, 0.6) is 5.75 Å². The van der Waals surface area contributed by atoms with Crippen molar-refractivity contribution < 1.29 is 9.53 Å². The molecule has 1 N–H and O–H groups in total. The van der Waals surface area contributed by atoms with E-state index in [1.165, 1.54) is 12.8 Å². The number of halogens is 1. The van der Waals surface area contributed by atoms with Gasteiger partial charge < -0.3 is 10.1 Å². The van der Waals surface area contributed by atoms with E-state index >= 15 is 0 Å². The molecule has 3 nitrogen and oxygen atoms in total. The summed E-state index contributed by atoms with van der Waals surface area (Å²) in [5.74, 6) is 1.14. The molecule has 1 aliphatic carbocycles. The minimum Gasteiger partial charge on any atom is -0.491 e. The lowest BCUT2D eigenvalue weighted by Crippen LogP contribution is -2.34. The molecule has 1 aliphatic rings. The third-order valence-corrected chi connectivity index (χ3v) is 4.40. The van der Waals surface area contributed by atoms with Gasteiger partial charge in [-0.3, -0.25) is 4.79 Å². The van der Waals surface area contributed by atoms with Crippen molar-refractivity contribution in [3.63, 3.8) is 0 Å². The molecular weight excluding hydrogens is 286 g/mol. The van der Waals surface area contributed by atoms with Crippen LogP contribution < -0.4 is 10.1 Å². The summed E-state index contributed by atoms with van der Waals surface area (Å²) in [6.07, 6.45) is 4.72. The van der Waals surface area contributed by atoms with E-state index < -0.39 is 0 Å². The summed E-state index contributed by atoms with van der Waals surface area (Å²) < 4.78 is 5.57. The highest BCUT2D eigenvalue weighted by Gasteiger charge is 2.23. The molecule has 21 heavy (non-hydrogen) atoms. The molecule has 0 bridgehead atoms. The molecule has 0 radical (unpaired) electrons. The predicted molar refractivity (Wildman–Crippen MR) is 86.1 cm³/mol. The van der Waals surface area contributed by atoms with Gasteiger partial charge >= 0.3 is 0 Å². The highest BCUT2D eigenvalue weighted by Crippen LogP contribution is 2.28. The van der Waals surface area contributed by atoms with E-state index in [0.717, 1.165) is 18.6 Å². The van der Waals surface area contributed by atoms with Crippen LogP contribution in [-0.4, -0.2) is 23.9 Å². The molecule has 1 saturated carbocycles. The second-order valence-electron chi connectivity index (χ2n) is 5.96. The molecule has 1 amide bonds. The molecule has 2 unspecified atom stereocenters. The third-order valence-electron chi connectivity index (χ3n) is 3.83. The Labute approximate surface area is 132 Å². The molecule has 116 valence electrons. The molecule has 0 spiro atoms. The van der Waals surface area contributed by atoms with E-state index in [1.54, 1.807) is 12.1 Å². The van der Waals surface area contributed by atoms with E-state index in [2.05, 4.69) is 5.32 Å². The Morgan fingerprint density at radius 2 is 1.95 bits per heavy atom. The van der Waals surface area contributed by atoms with E-state index in [-0.39, 0.29) is 17.4 Å². The lowest BCUT2D eigenvalue weighted by Gasteiger charge is -2.27. The summed E-state index contributed by atoms with van der Waals surface area (Å²) in [6, 6.07) is 7.26. The maximum Gasteiger partial charge on any atom is 0.251 e. The number of hydrogen-bond donors (Lipinski definition) is 1. The van der Waals surface area contributed by atoms with Gasteiger partial charge in [0.15, 0.2) is 0 Å². The number of nitrogens with one attached hydrogen (secondary N) is 1. The first-order valence-corrected chi connectivity index (χ1v) is 8.19. The Morgan fingerprint density at radius 1 is 1.29 bits per heavy atom. The Morgan fingerprint density at radius 3 is 2.57 bits per heavy atom. The molecule has 1 aromatic rings. The largest absolute Gasteiger partial charge is 0.491 e. The Bertz CT molecular complexity index is 458. The minimum absolute atomic E-state index is 0.0412. The fourth-order valence-electron chi connectivity index (χ4n) is 2.68. The van der Waals surface area contributed by atoms with Crippen molar-refractivity contribution in [1.82, 2.24) is 5.32 Å². The first-order chi connectivity index (χ1) is 10.1. The van der Waals surface area contributed by atoms with Gasteiger partial charge in [-0.1, -0.05) is 12.8 Å². The van der Waals surface area contributed by atoms with Crippen molar-refractivity contribution in [2.45, 2.75) is 51.0 Å². The number of benzene rings is 1. The molecule has 1 fully saturated rings. The van der Waals surface area contributed by atoms with Crippen LogP contribution in [0.15, 0.2) is 24.3 Å². The fraction of sp³-hybridized carbons (Fsp3) is 0.588. The lowest BCUT2D eigenvalue weighted by atomic mass is 9.88. The summed E-state index contributed by atoms with van der Waals surface area (Å²) in [5.41, 5.74) is 0.660. The van der Waals surface area contributed by atoms with Gasteiger partial charge in [-0.25, -0.2) is 0 Å². The van der Waals surface area contributed by atoms with Gasteiger partial charge in [0, 0.05) is 17.5 Å². The molecule has 1 aromatic carbocycles. The normalized spacial score (nSPS) is 22.1. The van der Waals surface area contributed by atoms with E-state index in [9.17, 15) is 4.79 Å². The van der Waals surface area contributed by atoms with Crippen LogP contribution in [0.3, 0.4) is 0 Å². The number of carbonyl (C=O) groups excluding carboxylic acids is 1. The smallest absolute Gasteiger partial charge is 0.251 e. The zero-order chi connectivity index (χ0) is 15.2. The third kappa shape index (κ3) is 4.92. The van der Waals surface area contributed by atoms with E-state index in [4.69, 9.17) is 16.3 Å². The Kier molecular flexibility index (Phi) is 5.92. The zero-order valence-corrected chi connectivity index (χ0v) is 13.5. The molecule has 2 rings (SSSR count). The Balaban J connectivity index is 1.85. The first kappa shape index (κ1) is 16.2. The molecule has 4 heteroatoms. The average molecular weight is 310 g/mol. The van der Waals surface area contributed by atoms with Crippen LogP contribution in [0.2, 0.25) is 0 Å². The van der Waals surface area contributed by atoms with Gasteiger partial charge in [-0.05, 0) is 56.9 Å². The van der Waals surface area contributed by atoms with Crippen molar-refractivity contribution in [3.05, 3.63) is 29.8 Å². The van der Waals surface area contributed by atoms with Crippen LogP contribution in [0.4, 0.5) is 0 Å². The lowest BCUT2D eigenvalue weighted by molar-refractivity contribution is 0.0944. The van der Waals surface area contributed by atoms with Crippen molar-refractivity contribution >= 4 is 17.5 Å². The maximum absolute atomic E-state index is 12.1. The van der Waals surface area contributed by atoms with Gasteiger partial charge in [0.25, 0.3) is 5.91 Å². The summed E-state index contributed by atoms with van der Waals surface area (Å²) in [5, 5.41) is 3.19. The number of carbonyl (C=O) groups is 1. The van der Waals surface area contributed by atoms with Gasteiger partial charge in [-0.15, -0.1) is 11.6 Å². The molecule has 2 atom stereocenters. The molecule has 0 saturated heterocycles. The maximum atomic E-state index is 12.1. The summed E-state index contributed by atoms with van der Waals surface area (Å²) in [4.78, 5) is 12.1. The summed E-state index contributed by atoms with van der Waals surface area (Å²) in [7, 11) is 0. The summed E-state index contributed by atoms with van der Waals surface area (Å²) >= 11 is 6.31. The predicted octanol–water partition coefficient (Wildman–Crippen LogP) is 4.00. The summed E-state index contributed by atoms with van der Waals surface area (Å²) in [6.45, 7) is 4.62. The monoisotopic (exact) mass is 309 g/mol. The van der Waals surface area contributed by atoms with E-state index in [0.29, 0.717) is 18.0 Å². The number of rotatable bonds is 5. The van der Waals surface area contributed by atoms with Crippen molar-refractivity contribution in [3.8, 4) is 5.75 Å². The van der Waals surface area contributed by atoms with Gasteiger partial charge in [0.2, 0.25) is 0 Å². The topological polar surface area (TPSA) is 38.3 Å². The van der Waals surface area contributed by atoms with Crippen LogP contribution >= 0.6 is 11.6 Å². The van der Waals surface area contributed by atoms with Crippen molar-refractivity contribution in [1.29, 1.82) is 0 Å². The van der Waals surface area contributed by atoms with Crippen LogP contribution in [0.1, 0.15) is 49.9 Å².